The standard InChI is InChI=1S/C24H28N2O4/c1-17-14-15-21(30-26(17)24(27)28-16-19-10-6-4-7-11-19)23-25(3)18(2)22(29-23)20-12-8-5-9-13-20/h4-15,17-18,21-23H,16H2,1-3H3/t17-,18-,21-,22-,23-/m0/s1. The second-order valence-electron chi connectivity index (χ2n) is 7.83. The van der Waals surface area contributed by atoms with E-state index in [-0.39, 0.29) is 31.0 Å². The molecule has 1 fully saturated rings. The van der Waals surface area contributed by atoms with Crippen LogP contribution in [0.5, 0.6) is 0 Å². The summed E-state index contributed by atoms with van der Waals surface area (Å²) in [6.45, 7) is 4.23. The van der Waals surface area contributed by atoms with Crippen molar-refractivity contribution < 1.29 is 19.1 Å². The lowest BCUT2D eigenvalue weighted by molar-refractivity contribution is -0.221. The maximum atomic E-state index is 12.7. The monoisotopic (exact) mass is 408 g/mol. The van der Waals surface area contributed by atoms with Gasteiger partial charge in [0.05, 0.1) is 6.04 Å². The second-order valence-corrected chi connectivity index (χ2v) is 7.83. The number of rotatable bonds is 4. The van der Waals surface area contributed by atoms with Crippen LogP contribution in [-0.4, -0.2) is 47.5 Å². The number of hydrogen-bond donors (Lipinski definition) is 0. The third-order valence-corrected chi connectivity index (χ3v) is 5.75. The summed E-state index contributed by atoms with van der Waals surface area (Å²) in [6, 6.07) is 19.7. The molecule has 2 heterocycles. The van der Waals surface area contributed by atoms with Crippen molar-refractivity contribution in [3.63, 3.8) is 0 Å². The van der Waals surface area contributed by atoms with Gasteiger partial charge in [0.2, 0.25) is 0 Å². The topological polar surface area (TPSA) is 51.2 Å². The molecule has 1 amide bonds. The quantitative estimate of drug-likeness (QED) is 0.706. The summed E-state index contributed by atoms with van der Waals surface area (Å²) in [4.78, 5) is 20.9. The van der Waals surface area contributed by atoms with Crippen molar-refractivity contribution in [2.24, 2.45) is 0 Å². The molecule has 0 unspecified atom stereocenters. The van der Waals surface area contributed by atoms with E-state index in [4.69, 9.17) is 14.3 Å². The molecule has 0 spiro atoms. The van der Waals surface area contributed by atoms with E-state index in [9.17, 15) is 4.79 Å². The molecule has 0 saturated carbocycles. The number of amides is 1. The minimum atomic E-state index is -0.506. The van der Waals surface area contributed by atoms with Crippen LogP contribution >= 0.6 is 0 Å². The van der Waals surface area contributed by atoms with Gasteiger partial charge in [-0.1, -0.05) is 72.8 Å². The van der Waals surface area contributed by atoms with E-state index in [1.54, 1.807) is 0 Å². The van der Waals surface area contributed by atoms with Crippen molar-refractivity contribution in [2.75, 3.05) is 7.05 Å². The average molecular weight is 408 g/mol. The Morgan fingerprint density at radius 2 is 1.67 bits per heavy atom. The minimum Gasteiger partial charge on any atom is -0.443 e. The number of hydroxylamine groups is 2. The second kappa shape index (κ2) is 9.00. The molecular formula is C24H28N2O4. The lowest BCUT2D eigenvalue weighted by Gasteiger charge is -2.36. The zero-order valence-corrected chi connectivity index (χ0v) is 17.5. The predicted molar refractivity (Wildman–Crippen MR) is 113 cm³/mol. The summed E-state index contributed by atoms with van der Waals surface area (Å²) >= 11 is 0. The Hall–Kier alpha value is -2.67. The Balaban J connectivity index is 1.42. The Kier molecular flexibility index (Phi) is 6.18. The molecule has 2 aromatic carbocycles. The number of carbonyl (C=O) groups excluding carboxylic acids is 1. The van der Waals surface area contributed by atoms with E-state index in [1.165, 1.54) is 5.06 Å². The van der Waals surface area contributed by atoms with Crippen molar-refractivity contribution in [2.45, 2.75) is 51.0 Å². The summed E-state index contributed by atoms with van der Waals surface area (Å²) in [7, 11) is 2.02. The van der Waals surface area contributed by atoms with Gasteiger partial charge in [-0.2, -0.15) is 5.06 Å². The molecular weight excluding hydrogens is 380 g/mol. The molecule has 0 bridgehead atoms. The predicted octanol–water partition coefficient (Wildman–Crippen LogP) is 4.30. The van der Waals surface area contributed by atoms with Crippen molar-refractivity contribution in [3.8, 4) is 0 Å². The fourth-order valence-corrected chi connectivity index (χ4v) is 3.86. The van der Waals surface area contributed by atoms with Crippen molar-refractivity contribution >= 4 is 6.09 Å². The van der Waals surface area contributed by atoms with E-state index >= 15 is 0 Å². The average Bonchev–Trinajstić information content (AvgIpc) is 3.08. The number of ether oxygens (including phenoxy) is 2. The third kappa shape index (κ3) is 4.26. The van der Waals surface area contributed by atoms with Crippen LogP contribution in [0.3, 0.4) is 0 Å². The summed E-state index contributed by atoms with van der Waals surface area (Å²) < 4.78 is 11.8. The van der Waals surface area contributed by atoms with Crippen molar-refractivity contribution in [1.29, 1.82) is 0 Å². The van der Waals surface area contributed by atoms with Gasteiger partial charge in [-0.25, -0.2) is 4.79 Å². The molecule has 2 aromatic rings. The molecule has 30 heavy (non-hydrogen) atoms. The van der Waals surface area contributed by atoms with Gasteiger partial charge in [-0.3, -0.25) is 9.74 Å². The molecule has 0 aliphatic carbocycles. The smallest absolute Gasteiger partial charge is 0.434 e. The maximum absolute atomic E-state index is 12.7. The fourth-order valence-electron chi connectivity index (χ4n) is 3.86. The first-order valence-corrected chi connectivity index (χ1v) is 10.3. The number of nitrogens with zero attached hydrogens (tertiary/aromatic N) is 2. The molecule has 0 N–H and O–H groups in total. The van der Waals surface area contributed by atoms with Crippen LogP contribution in [0.4, 0.5) is 4.79 Å². The van der Waals surface area contributed by atoms with E-state index in [1.807, 2.05) is 74.7 Å². The van der Waals surface area contributed by atoms with Crippen LogP contribution in [0.25, 0.3) is 0 Å². The molecule has 2 aliphatic heterocycles. The zero-order chi connectivity index (χ0) is 21.1. The SMILES string of the molecule is C[C@H]1C=C[C@@H]([C@@H]2O[C@H](c3ccccc3)[C@H](C)N2C)ON1C(=O)OCc1ccccc1. The Morgan fingerprint density at radius 3 is 2.37 bits per heavy atom. The molecule has 158 valence electrons. The van der Waals surface area contributed by atoms with Crippen LogP contribution in [0.15, 0.2) is 72.8 Å². The first kappa shape index (κ1) is 20.6. The van der Waals surface area contributed by atoms with Gasteiger partial charge in [0.25, 0.3) is 0 Å². The van der Waals surface area contributed by atoms with Gasteiger partial charge in [-0.05, 0) is 32.0 Å². The molecule has 1 saturated heterocycles. The number of benzene rings is 2. The highest BCUT2D eigenvalue weighted by Crippen LogP contribution is 2.36. The van der Waals surface area contributed by atoms with E-state index in [0.717, 1.165) is 11.1 Å². The van der Waals surface area contributed by atoms with Crippen molar-refractivity contribution in [3.05, 3.63) is 83.9 Å². The van der Waals surface area contributed by atoms with Crippen LogP contribution in [-0.2, 0) is 20.9 Å². The zero-order valence-electron chi connectivity index (χ0n) is 17.5. The highest BCUT2D eigenvalue weighted by atomic mass is 16.7. The number of carbonyl (C=O) groups is 1. The number of hydrogen-bond acceptors (Lipinski definition) is 5. The lowest BCUT2D eigenvalue weighted by Crippen LogP contribution is -2.50. The van der Waals surface area contributed by atoms with Crippen LogP contribution in [0, 0.1) is 0 Å². The van der Waals surface area contributed by atoms with Gasteiger partial charge in [0.15, 0.2) is 0 Å². The lowest BCUT2D eigenvalue weighted by atomic mass is 10.0. The first-order chi connectivity index (χ1) is 14.5. The third-order valence-electron chi connectivity index (χ3n) is 5.75. The normalized spacial score (nSPS) is 29.2. The van der Waals surface area contributed by atoms with Gasteiger partial charge >= 0.3 is 6.09 Å². The summed E-state index contributed by atoms with van der Waals surface area (Å²) in [5, 5.41) is 1.30. The van der Waals surface area contributed by atoms with E-state index < -0.39 is 12.2 Å². The molecule has 2 aliphatic rings. The summed E-state index contributed by atoms with van der Waals surface area (Å²) in [5.41, 5.74) is 2.06. The van der Waals surface area contributed by atoms with Gasteiger partial charge in [-0.15, -0.1) is 0 Å². The molecule has 6 heteroatoms. The molecule has 4 rings (SSSR count). The van der Waals surface area contributed by atoms with Gasteiger partial charge < -0.3 is 9.47 Å². The highest BCUT2D eigenvalue weighted by Gasteiger charge is 2.44. The largest absolute Gasteiger partial charge is 0.443 e. The van der Waals surface area contributed by atoms with E-state index in [2.05, 4.69) is 24.0 Å². The molecule has 6 nitrogen and oxygen atoms in total. The van der Waals surface area contributed by atoms with E-state index in [0.29, 0.717) is 0 Å². The highest BCUT2D eigenvalue weighted by molar-refractivity contribution is 5.67. The minimum absolute atomic E-state index is 0.0592. The van der Waals surface area contributed by atoms with Crippen LogP contribution < -0.4 is 0 Å². The fraction of sp³-hybridized carbons (Fsp3) is 0.375. The molecule has 5 atom stereocenters. The van der Waals surface area contributed by atoms with Crippen molar-refractivity contribution in [1.82, 2.24) is 9.96 Å². The Labute approximate surface area is 177 Å². The van der Waals surface area contributed by atoms with Gasteiger partial charge in [0.1, 0.15) is 25.0 Å². The summed E-state index contributed by atoms with van der Waals surface area (Å²) in [6.07, 6.45) is 2.64. The Morgan fingerprint density at radius 1 is 1.00 bits per heavy atom. The molecule has 0 radical (unpaired) electrons. The maximum Gasteiger partial charge on any atom is 0.434 e. The van der Waals surface area contributed by atoms with Gasteiger partial charge in [0, 0.05) is 6.04 Å². The molecule has 0 aromatic heterocycles. The number of likely N-dealkylation sites (N-methyl/N-ethyl adjacent to an activating group) is 1. The summed E-state index contributed by atoms with van der Waals surface area (Å²) in [5.74, 6) is 0. The van der Waals surface area contributed by atoms with Crippen LogP contribution in [0.1, 0.15) is 31.1 Å². The Bertz CT molecular complexity index is 873. The first-order valence-electron chi connectivity index (χ1n) is 10.3. The van der Waals surface area contributed by atoms with Crippen LogP contribution in [0.2, 0.25) is 0 Å².